The van der Waals surface area contributed by atoms with Gasteiger partial charge in [0.1, 0.15) is 5.82 Å². The van der Waals surface area contributed by atoms with Crippen molar-refractivity contribution in [1.29, 1.82) is 0 Å². The molecule has 1 saturated heterocycles. The van der Waals surface area contributed by atoms with Gasteiger partial charge in [-0.15, -0.1) is 0 Å². The molecular formula is C26H19ClFN3O3. The van der Waals surface area contributed by atoms with E-state index in [1.807, 2.05) is 24.3 Å². The first kappa shape index (κ1) is 20.9. The van der Waals surface area contributed by atoms with Gasteiger partial charge < -0.3 is 9.72 Å². The number of aromatic amines is 1. The van der Waals surface area contributed by atoms with Gasteiger partial charge in [-0.1, -0.05) is 48.0 Å². The molecule has 8 heteroatoms. The zero-order valence-electron chi connectivity index (χ0n) is 17.9. The molecule has 1 aromatic heterocycles. The predicted octanol–water partition coefficient (Wildman–Crippen LogP) is 5.46. The summed E-state index contributed by atoms with van der Waals surface area (Å²) in [6.45, 7) is 0. The maximum absolute atomic E-state index is 14.1. The van der Waals surface area contributed by atoms with Crippen LogP contribution < -0.4 is 0 Å². The van der Waals surface area contributed by atoms with Crippen LogP contribution in [0.5, 0.6) is 0 Å². The van der Waals surface area contributed by atoms with Crippen molar-refractivity contribution in [2.24, 2.45) is 0 Å². The van der Waals surface area contributed by atoms with Gasteiger partial charge in [0.05, 0.1) is 17.1 Å². The Morgan fingerprint density at radius 1 is 1.12 bits per heavy atom. The van der Waals surface area contributed by atoms with E-state index >= 15 is 0 Å². The summed E-state index contributed by atoms with van der Waals surface area (Å²) in [6.07, 6.45) is 0.692. The lowest BCUT2D eigenvalue weighted by atomic mass is 9.92. The standard InChI is InChI=1S/C26H19ClFN3O3/c27-17-8-11-20-21(13-17)30-23(29-20)26(14-15-5-9-18(28)10-6-15)24(32)31(25(33)34-26)22-12-7-16-3-1-2-4-19(16)22/h1-6,8-11,13,22H,7,12,14H2,(H,29,30). The van der Waals surface area contributed by atoms with Gasteiger partial charge in [-0.2, -0.15) is 0 Å². The van der Waals surface area contributed by atoms with Crippen LogP contribution in [-0.2, 0) is 28.0 Å². The molecule has 1 aliphatic heterocycles. The summed E-state index contributed by atoms with van der Waals surface area (Å²) in [5.41, 5.74) is 2.19. The Morgan fingerprint density at radius 3 is 2.74 bits per heavy atom. The molecule has 2 aliphatic rings. The molecule has 0 radical (unpaired) electrons. The number of amides is 2. The molecule has 2 atom stereocenters. The van der Waals surface area contributed by atoms with E-state index in [9.17, 15) is 14.0 Å². The lowest BCUT2D eigenvalue weighted by Gasteiger charge is -2.25. The Morgan fingerprint density at radius 2 is 1.91 bits per heavy atom. The highest BCUT2D eigenvalue weighted by atomic mass is 35.5. The highest BCUT2D eigenvalue weighted by Gasteiger charge is 2.59. The number of imidazole rings is 1. The normalized spacial score (nSPS) is 21.8. The van der Waals surface area contributed by atoms with Crippen LogP contribution in [0.25, 0.3) is 11.0 Å². The number of H-pyrrole nitrogens is 1. The molecule has 2 heterocycles. The molecule has 1 aliphatic carbocycles. The van der Waals surface area contributed by atoms with Gasteiger partial charge in [-0.05, 0) is 59.9 Å². The van der Waals surface area contributed by atoms with Crippen molar-refractivity contribution in [3.63, 3.8) is 0 Å². The van der Waals surface area contributed by atoms with Crippen LogP contribution in [0.4, 0.5) is 9.18 Å². The number of hydrogen-bond donors (Lipinski definition) is 1. The highest BCUT2D eigenvalue weighted by molar-refractivity contribution is 6.31. The topological polar surface area (TPSA) is 75.3 Å². The minimum atomic E-state index is -1.71. The van der Waals surface area contributed by atoms with E-state index in [1.54, 1.807) is 30.3 Å². The van der Waals surface area contributed by atoms with Crippen molar-refractivity contribution >= 4 is 34.6 Å². The first-order chi connectivity index (χ1) is 16.4. The summed E-state index contributed by atoms with van der Waals surface area (Å²) in [7, 11) is 0. The average Bonchev–Trinajstić information content (AvgIpc) is 3.50. The number of carbonyl (C=O) groups excluding carboxylic acids is 2. The second-order valence-electron chi connectivity index (χ2n) is 8.67. The minimum absolute atomic E-state index is 0.0102. The van der Waals surface area contributed by atoms with Crippen LogP contribution >= 0.6 is 11.6 Å². The molecule has 170 valence electrons. The van der Waals surface area contributed by atoms with Crippen LogP contribution in [0.3, 0.4) is 0 Å². The maximum Gasteiger partial charge on any atom is 0.418 e. The zero-order valence-corrected chi connectivity index (χ0v) is 18.7. The number of carbonyl (C=O) groups is 2. The smallest absolute Gasteiger partial charge is 0.418 e. The van der Waals surface area contributed by atoms with E-state index in [1.165, 1.54) is 17.0 Å². The number of nitrogens with one attached hydrogen (secondary N) is 1. The van der Waals surface area contributed by atoms with Crippen molar-refractivity contribution in [3.8, 4) is 0 Å². The molecule has 6 nitrogen and oxygen atoms in total. The zero-order chi connectivity index (χ0) is 23.4. The van der Waals surface area contributed by atoms with Crippen molar-refractivity contribution in [2.45, 2.75) is 30.9 Å². The van der Waals surface area contributed by atoms with E-state index in [4.69, 9.17) is 16.3 Å². The van der Waals surface area contributed by atoms with E-state index in [0.29, 0.717) is 28.0 Å². The lowest BCUT2D eigenvalue weighted by molar-refractivity contribution is -0.139. The number of aryl methyl sites for hydroxylation is 1. The van der Waals surface area contributed by atoms with Crippen molar-refractivity contribution < 1.29 is 18.7 Å². The van der Waals surface area contributed by atoms with Crippen LogP contribution in [0.1, 0.15) is 35.0 Å². The van der Waals surface area contributed by atoms with Crippen molar-refractivity contribution in [2.75, 3.05) is 0 Å². The SMILES string of the molecule is O=C1OC(Cc2ccc(F)cc2)(c2nc3ccc(Cl)cc3[nH]2)C(=O)N1C1CCc2ccccc21. The molecule has 2 unspecified atom stereocenters. The van der Waals surface area contributed by atoms with E-state index in [0.717, 1.165) is 17.5 Å². The molecule has 0 bridgehead atoms. The molecule has 4 aromatic rings. The van der Waals surface area contributed by atoms with E-state index < -0.39 is 29.5 Å². The average molecular weight is 476 g/mol. The summed E-state index contributed by atoms with van der Waals surface area (Å²) < 4.78 is 19.4. The Hall–Kier alpha value is -3.71. The van der Waals surface area contributed by atoms with Gasteiger partial charge in [0.25, 0.3) is 11.5 Å². The molecular weight excluding hydrogens is 457 g/mol. The largest absolute Gasteiger partial charge is 0.424 e. The first-order valence-corrected chi connectivity index (χ1v) is 11.4. The van der Waals surface area contributed by atoms with Crippen molar-refractivity contribution in [1.82, 2.24) is 14.9 Å². The third kappa shape index (κ3) is 3.19. The van der Waals surface area contributed by atoms with Crippen LogP contribution in [0, 0.1) is 5.82 Å². The number of imide groups is 1. The Labute approximate surface area is 199 Å². The van der Waals surface area contributed by atoms with Gasteiger partial charge in [0, 0.05) is 11.4 Å². The summed E-state index contributed by atoms with van der Waals surface area (Å²) in [5, 5.41) is 0.509. The Bertz CT molecular complexity index is 1450. The number of benzene rings is 3. The van der Waals surface area contributed by atoms with Crippen LogP contribution in [-0.4, -0.2) is 26.9 Å². The third-order valence-corrected chi connectivity index (χ3v) is 6.86. The lowest BCUT2D eigenvalue weighted by Crippen LogP contribution is -2.42. The minimum Gasteiger partial charge on any atom is -0.424 e. The Balaban J connectivity index is 1.47. The van der Waals surface area contributed by atoms with Gasteiger partial charge in [0.15, 0.2) is 5.82 Å². The molecule has 0 spiro atoms. The molecule has 6 rings (SSSR count). The third-order valence-electron chi connectivity index (χ3n) is 6.63. The van der Waals surface area contributed by atoms with Crippen LogP contribution in [0.2, 0.25) is 5.02 Å². The molecule has 34 heavy (non-hydrogen) atoms. The second kappa shape index (κ2) is 7.67. The summed E-state index contributed by atoms with van der Waals surface area (Å²) in [5.74, 6) is -0.676. The summed E-state index contributed by atoms with van der Waals surface area (Å²) in [4.78, 5) is 36.3. The molecule has 3 aromatic carbocycles. The fourth-order valence-corrected chi connectivity index (χ4v) is 5.17. The number of ether oxygens (including phenoxy) is 1. The second-order valence-corrected chi connectivity index (χ2v) is 9.11. The molecule has 1 fully saturated rings. The first-order valence-electron chi connectivity index (χ1n) is 11.0. The van der Waals surface area contributed by atoms with Gasteiger partial charge in [-0.25, -0.2) is 19.1 Å². The van der Waals surface area contributed by atoms with Gasteiger partial charge in [0.2, 0.25) is 0 Å². The number of halogens is 2. The fourth-order valence-electron chi connectivity index (χ4n) is 5.00. The van der Waals surface area contributed by atoms with Crippen molar-refractivity contribution in [3.05, 3.63) is 100 Å². The Kier molecular flexibility index (Phi) is 4.71. The number of aromatic nitrogens is 2. The number of rotatable bonds is 4. The quantitative estimate of drug-likeness (QED) is 0.425. The van der Waals surface area contributed by atoms with E-state index in [2.05, 4.69) is 9.97 Å². The summed E-state index contributed by atoms with van der Waals surface area (Å²) in [6, 6.07) is 18.3. The van der Waals surface area contributed by atoms with Crippen LogP contribution in [0.15, 0.2) is 66.7 Å². The monoisotopic (exact) mass is 475 g/mol. The fraction of sp³-hybridized carbons (Fsp3) is 0.192. The number of cyclic esters (lactones) is 1. The number of hydrogen-bond acceptors (Lipinski definition) is 4. The maximum atomic E-state index is 14.1. The summed E-state index contributed by atoms with van der Waals surface area (Å²) >= 11 is 6.13. The number of fused-ring (bicyclic) bond motifs is 2. The molecule has 2 amide bonds. The van der Waals surface area contributed by atoms with Gasteiger partial charge >= 0.3 is 6.09 Å². The predicted molar refractivity (Wildman–Crippen MR) is 124 cm³/mol. The van der Waals surface area contributed by atoms with E-state index in [-0.39, 0.29) is 12.2 Å². The molecule has 1 N–H and O–H groups in total. The highest BCUT2D eigenvalue weighted by Crippen LogP contribution is 2.44. The van der Waals surface area contributed by atoms with Gasteiger partial charge in [-0.3, -0.25) is 4.79 Å². The molecule has 0 saturated carbocycles. The number of nitrogens with zero attached hydrogens (tertiary/aromatic N) is 2.